The van der Waals surface area contributed by atoms with Gasteiger partial charge in [0.05, 0.1) is 25.4 Å². The quantitative estimate of drug-likeness (QED) is 0.938. The maximum atomic E-state index is 13.2. The van der Waals surface area contributed by atoms with Gasteiger partial charge in [0.25, 0.3) is 0 Å². The fourth-order valence-electron chi connectivity index (χ4n) is 3.38. The van der Waals surface area contributed by atoms with Gasteiger partial charge < -0.3 is 14.6 Å². The maximum absolute atomic E-state index is 13.2. The van der Waals surface area contributed by atoms with E-state index in [9.17, 15) is 13.9 Å². The monoisotopic (exact) mass is 333 g/mol. The van der Waals surface area contributed by atoms with Crippen molar-refractivity contribution in [3.8, 4) is 0 Å². The lowest BCUT2D eigenvalue weighted by Crippen LogP contribution is -2.47. The van der Waals surface area contributed by atoms with Gasteiger partial charge in [-0.2, -0.15) is 0 Å². The number of hydrogen-bond acceptors (Lipinski definition) is 4. The lowest BCUT2D eigenvalue weighted by molar-refractivity contribution is -0.0630. The number of fused-ring (bicyclic) bond motifs is 1. The zero-order valence-corrected chi connectivity index (χ0v) is 12.9. The van der Waals surface area contributed by atoms with Crippen LogP contribution >= 0.6 is 0 Å². The molecule has 2 aliphatic heterocycles. The second-order valence-corrected chi connectivity index (χ2v) is 6.22. The third-order valence-corrected chi connectivity index (χ3v) is 4.68. The average molecular weight is 333 g/mol. The molecule has 0 amide bonds. The Morgan fingerprint density at radius 2 is 1.29 bits per heavy atom. The number of rotatable bonds is 3. The highest BCUT2D eigenvalue weighted by atomic mass is 19.1. The number of benzene rings is 2. The van der Waals surface area contributed by atoms with Gasteiger partial charge in [0.15, 0.2) is 0 Å². The molecule has 0 saturated carbocycles. The lowest BCUT2D eigenvalue weighted by Gasteiger charge is -2.33. The van der Waals surface area contributed by atoms with Gasteiger partial charge in [-0.05, 0) is 35.4 Å². The van der Waals surface area contributed by atoms with E-state index in [1.54, 1.807) is 24.3 Å². The maximum Gasteiger partial charge on any atom is 0.139 e. The highest BCUT2D eigenvalue weighted by Gasteiger charge is 2.56. The number of nitrogens with zero attached hydrogens (tertiary/aromatic N) is 1. The van der Waals surface area contributed by atoms with Gasteiger partial charge in [0, 0.05) is 0 Å². The third-order valence-electron chi connectivity index (χ3n) is 4.68. The summed E-state index contributed by atoms with van der Waals surface area (Å²) in [4.78, 5) is 1.95. The second kappa shape index (κ2) is 5.89. The molecule has 2 aromatic rings. The molecule has 0 aromatic heterocycles. The van der Waals surface area contributed by atoms with E-state index in [1.807, 2.05) is 4.90 Å². The van der Waals surface area contributed by atoms with Crippen LogP contribution in [0.2, 0.25) is 0 Å². The van der Waals surface area contributed by atoms with Crippen LogP contribution in [0.1, 0.15) is 23.6 Å². The molecule has 0 unspecified atom stereocenters. The fraction of sp³-hybridized carbons (Fsp3) is 0.333. The highest BCUT2D eigenvalue weighted by Crippen LogP contribution is 2.48. The molecule has 2 saturated heterocycles. The molecule has 1 N–H and O–H groups in total. The Morgan fingerprint density at radius 3 is 1.67 bits per heavy atom. The van der Waals surface area contributed by atoms with Crippen LogP contribution < -0.4 is 0 Å². The Kier molecular flexibility index (Phi) is 3.85. The van der Waals surface area contributed by atoms with E-state index in [4.69, 9.17) is 9.47 Å². The molecule has 126 valence electrons. The van der Waals surface area contributed by atoms with E-state index in [2.05, 4.69) is 0 Å². The molecule has 6 heteroatoms. The largest absolute Gasteiger partial charge is 0.394 e. The third kappa shape index (κ3) is 2.43. The van der Waals surface area contributed by atoms with Crippen LogP contribution in [-0.4, -0.2) is 35.4 Å². The second-order valence-electron chi connectivity index (χ2n) is 6.22. The number of halogens is 2. The number of aliphatic hydroxyl groups is 1. The van der Waals surface area contributed by atoms with Gasteiger partial charge >= 0.3 is 0 Å². The van der Waals surface area contributed by atoms with Crippen LogP contribution in [0, 0.1) is 11.6 Å². The van der Waals surface area contributed by atoms with Crippen molar-refractivity contribution in [2.24, 2.45) is 0 Å². The molecular weight excluding hydrogens is 316 g/mol. The average Bonchev–Trinajstić information content (AvgIpc) is 3.14. The first-order chi connectivity index (χ1) is 11.6. The highest BCUT2D eigenvalue weighted by molar-refractivity contribution is 5.25. The predicted molar refractivity (Wildman–Crippen MR) is 81.8 cm³/mol. The molecule has 2 aliphatic rings. The normalized spacial score (nSPS) is 25.8. The van der Waals surface area contributed by atoms with E-state index in [-0.39, 0.29) is 18.2 Å². The number of aliphatic hydroxyl groups excluding tert-OH is 1. The molecule has 24 heavy (non-hydrogen) atoms. The van der Waals surface area contributed by atoms with Crippen molar-refractivity contribution in [1.82, 2.24) is 4.90 Å². The number of ether oxygens (including phenoxy) is 2. The van der Waals surface area contributed by atoms with E-state index < -0.39 is 18.0 Å². The van der Waals surface area contributed by atoms with Crippen LogP contribution in [-0.2, 0) is 9.47 Å². The predicted octanol–water partition coefficient (Wildman–Crippen LogP) is 2.76. The molecule has 2 heterocycles. The van der Waals surface area contributed by atoms with Crippen molar-refractivity contribution in [2.45, 2.75) is 18.0 Å². The van der Waals surface area contributed by atoms with Gasteiger partial charge in [-0.3, -0.25) is 0 Å². The smallest absolute Gasteiger partial charge is 0.139 e. The minimum Gasteiger partial charge on any atom is -0.394 e. The molecule has 2 aromatic carbocycles. The summed E-state index contributed by atoms with van der Waals surface area (Å²) in [5.41, 5.74) is 0.909. The molecule has 4 nitrogen and oxygen atoms in total. The lowest BCUT2D eigenvalue weighted by atomic mass is 10.0. The first kappa shape index (κ1) is 15.7. The fourth-order valence-corrected chi connectivity index (χ4v) is 3.38. The van der Waals surface area contributed by atoms with Crippen molar-refractivity contribution >= 4 is 0 Å². The van der Waals surface area contributed by atoms with Gasteiger partial charge in [0.1, 0.15) is 24.1 Å². The number of hydrogen-bond donors (Lipinski definition) is 1. The molecule has 0 radical (unpaired) electrons. The summed E-state index contributed by atoms with van der Waals surface area (Å²) in [6.07, 6.45) is -0.925. The summed E-state index contributed by atoms with van der Waals surface area (Å²) < 4.78 is 38.2. The minimum atomic E-state index is -0.655. The van der Waals surface area contributed by atoms with Crippen LogP contribution in [0.15, 0.2) is 48.5 Å². The summed E-state index contributed by atoms with van der Waals surface area (Å²) in [7, 11) is 0. The van der Waals surface area contributed by atoms with E-state index in [0.29, 0.717) is 13.2 Å². The molecule has 0 bridgehead atoms. The summed E-state index contributed by atoms with van der Waals surface area (Å²) in [6, 6.07) is 12.1. The van der Waals surface area contributed by atoms with E-state index >= 15 is 0 Å². The van der Waals surface area contributed by atoms with Gasteiger partial charge in [0.2, 0.25) is 0 Å². The van der Waals surface area contributed by atoms with Gasteiger partial charge in [-0.1, -0.05) is 24.3 Å². The van der Waals surface area contributed by atoms with Crippen molar-refractivity contribution in [2.75, 3.05) is 19.8 Å². The van der Waals surface area contributed by atoms with Crippen LogP contribution in [0.5, 0.6) is 0 Å². The summed E-state index contributed by atoms with van der Waals surface area (Å²) in [6.45, 7) is 0.495. The van der Waals surface area contributed by atoms with Crippen molar-refractivity contribution in [1.29, 1.82) is 0 Å². The summed E-state index contributed by atoms with van der Waals surface area (Å²) >= 11 is 0. The van der Waals surface area contributed by atoms with Gasteiger partial charge in [-0.25, -0.2) is 13.7 Å². The zero-order valence-electron chi connectivity index (χ0n) is 12.9. The van der Waals surface area contributed by atoms with E-state index in [0.717, 1.165) is 11.1 Å². The topological polar surface area (TPSA) is 41.9 Å². The molecule has 0 spiro atoms. The summed E-state index contributed by atoms with van der Waals surface area (Å²) in [5, 5.41) is 9.92. The van der Waals surface area contributed by atoms with Crippen molar-refractivity contribution in [3.05, 3.63) is 71.3 Å². The zero-order chi connectivity index (χ0) is 16.7. The molecule has 2 atom stereocenters. The van der Waals surface area contributed by atoms with E-state index in [1.165, 1.54) is 24.3 Å². The molecule has 4 rings (SSSR count). The Balaban J connectivity index is 1.72. The molecular formula is C18H17F2NO3. The van der Waals surface area contributed by atoms with Crippen LogP contribution in [0.25, 0.3) is 0 Å². The van der Waals surface area contributed by atoms with Crippen molar-refractivity contribution < 1.29 is 23.4 Å². The molecule has 2 fully saturated rings. The van der Waals surface area contributed by atoms with Crippen LogP contribution in [0.3, 0.4) is 0 Å². The van der Waals surface area contributed by atoms with Gasteiger partial charge in [-0.15, -0.1) is 0 Å². The first-order valence-corrected chi connectivity index (χ1v) is 7.76. The SMILES string of the molecule is OCC12CO[C@@H](c3ccc(F)cc3)N1[C@H](c1ccc(F)cc1)OC2. The Labute approximate surface area is 138 Å². The first-order valence-electron chi connectivity index (χ1n) is 7.76. The Hall–Kier alpha value is -1.86. The minimum absolute atomic E-state index is 0.123. The standard InChI is InChI=1S/C18H17F2NO3/c19-14-5-1-12(2-6-14)16-21-17(13-3-7-15(20)8-4-13)24-11-18(21,9-22)10-23-16/h1-8,16-17,22H,9-11H2/t16-,17-/m0/s1. The summed E-state index contributed by atoms with van der Waals surface area (Å²) in [5.74, 6) is -0.643. The van der Waals surface area contributed by atoms with Crippen molar-refractivity contribution in [3.63, 3.8) is 0 Å². The Bertz CT molecular complexity index is 663. The van der Waals surface area contributed by atoms with Crippen LogP contribution in [0.4, 0.5) is 8.78 Å². The molecule has 0 aliphatic carbocycles. The Morgan fingerprint density at radius 1 is 0.875 bits per heavy atom.